The van der Waals surface area contributed by atoms with Crippen LogP contribution in [0.5, 0.6) is 0 Å². The molecule has 1 heterocycles. The van der Waals surface area contributed by atoms with Gasteiger partial charge in [-0.3, -0.25) is 0 Å². The molecule has 1 aliphatic carbocycles. The Hall–Kier alpha value is -0.540. The monoisotopic (exact) mass is 356 g/mol. The molecular weight excluding hydrogens is 327 g/mol. The summed E-state index contributed by atoms with van der Waals surface area (Å²) < 4.78 is 0. The summed E-state index contributed by atoms with van der Waals surface area (Å²) in [6.07, 6.45) is 7.58. The van der Waals surface area contributed by atoms with E-state index in [2.05, 4.69) is 54.0 Å². The van der Waals surface area contributed by atoms with Gasteiger partial charge in [-0.25, -0.2) is 0 Å². The van der Waals surface area contributed by atoms with E-state index in [0.717, 1.165) is 17.9 Å². The zero-order chi connectivity index (χ0) is 14.5. The van der Waals surface area contributed by atoms with Crippen molar-refractivity contribution in [1.82, 2.24) is 10.6 Å². The highest BCUT2D eigenvalue weighted by molar-refractivity contribution is 5.85. The molecule has 0 aromatic heterocycles. The van der Waals surface area contributed by atoms with Crippen molar-refractivity contribution in [3.05, 3.63) is 41.5 Å². The molecule has 4 heteroatoms. The molecule has 2 unspecified atom stereocenters. The first-order valence-electron chi connectivity index (χ1n) is 8.56. The van der Waals surface area contributed by atoms with Gasteiger partial charge in [-0.2, -0.15) is 0 Å². The van der Waals surface area contributed by atoms with Crippen molar-refractivity contribution < 1.29 is 0 Å². The van der Waals surface area contributed by atoms with Gasteiger partial charge in [0.25, 0.3) is 0 Å². The van der Waals surface area contributed by atoms with Crippen LogP contribution in [0.2, 0.25) is 0 Å². The van der Waals surface area contributed by atoms with Gasteiger partial charge in [0.1, 0.15) is 0 Å². The fourth-order valence-corrected chi connectivity index (χ4v) is 3.47. The predicted molar refractivity (Wildman–Crippen MR) is 105 cm³/mol. The van der Waals surface area contributed by atoms with E-state index in [1.165, 1.54) is 50.9 Å². The van der Waals surface area contributed by atoms with E-state index >= 15 is 0 Å². The standard InChI is InChI=1S/C19H28N2.2ClH/c1-2-17(12-15-6-4-3-5-7-15)18-13-19(18)21-14-16-8-10-20-11-9-16;;/h3-7,12,16,18-21H,2,8-11,13-14H2,1H3;2*1H/b17-12+;;. The minimum atomic E-state index is 0. The van der Waals surface area contributed by atoms with E-state index in [0.29, 0.717) is 0 Å². The Balaban J connectivity index is 0.00000132. The molecule has 2 aliphatic rings. The van der Waals surface area contributed by atoms with E-state index in [4.69, 9.17) is 0 Å². The van der Waals surface area contributed by atoms with Gasteiger partial charge >= 0.3 is 0 Å². The Morgan fingerprint density at radius 1 is 1.17 bits per heavy atom. The maximum atomic E-state index is 3.81. The summed E-state index contributed by atoms with van der Waals surface area (Å²) in [5, 5.41) is 7.25. The minimum Gasteiger partial charge on any atom is -0.317 e. The SMILES string of the molecule is CC/C(=C\c1ccccc1)C1CC1NCC1CCNCC1.Cl.Cl. The van der Waals surface area contributed by atoms with Crippen molar-refractivity contribution in [1.29, 1.82) is 0 Å². The first kappa shape index (κ1) is 20.5. The summed E-state index contributed by atoms with van der Waals surface area (Å²) in [6.45, 7) is 5.91. The normalized spacial score (nSPS) is 24.5. The average Bonchev–Trinajstić information content (AvgIpc) is 3.32. The van der Waals surface area contributed by atoms with Crippen LogP contribution in [-0.2, 0) is 0 Å². The number of hydrogen-bond donors (Lipinski definition) is 2. The molecule has 2 N–H and O–H groups in total. The van der Waals surface area contributed by atoms with Gasteiger partial charge in [0.05, 0.1) is 0 Å². The fourth-order valence-electron chi connectivity index (χ4n) is 3.47. The van der Waals surface area contributed by atoms with Crippen LogP contribution in [0.3, 0.4) is 0 Å². The first-order valence-corrected chi connectivity index (χ1v) is 8.56. The average molecular weight is 357 g/mol. The van der Waals surface area contributed by atoms with E-state index < -0.39 is 0 Å². The lowest BCUT2D eigenvalue weighted by Gasteiger charge is -2.23. The van der Waals surface area contributed by atoms with Crippen LogP contribution in [0.15, 0.2) is 35.9 Å². The first-order chi connectivity index (χ1) is 10.4. The van der Waals surface area contributed by atoms with Crippen LogP contribution in [0, 0.1) is 11.8 Å². The van der Waals surface area contributed by atoms with E-state index in [9.17, 15) is 0 Å². The highest BCUT2D eigenvalue weighted by Crippen LogP contribution is 2.39. The maximum absolute atomic E-state index is 3.81. The third-order valence-corrected chi connectivity index (χ3v) is 4.95. The third-order valence-electron chi connectivity index (χ3n) is 4.95. The summed E-state index contributed by atoms with van der Waals surface area (Å²) in [4.78, 5) is 0. The Morgan fingerprint density at radius 3 is 2.52 bits per heavy atom. The Bertz CT molecular complexity index is 470. The lowest BCUT2D eigenvalue weighted by Crippen LogP contribution is -2.34. The molecule has 1 saturated heterocycles. The second-order valence-electron chi connectivity index (χ2n) is 6.53. The summed E-state index contributed by atoms with van der Waals surface area (Å²) in [5.74, 6) is 1.66. The van der Waals surface area contributed by atoms with Crippen molar-refractivity contribution in [2.24, 2.45) is 11.8 Å². The van der Waals surface area contributed by atoms with Crippen LogP contribution >= 0.6 is 24.8 Å². The molecule has 1 aromatic carbocycles. The second kappa shape index (κ2) is 10.4. The van der Waals surface area contributed by atoms with Crippen LogP contribution in [0.25, 0.3) is 6.08 Å². The largest absolute Gasteiger partial charge is 0.317 e. The quantitative estimate of drug-likeness (QED) is 0.793. The molecule has 0 radical (unpaired) electrons. The highest BCUT2D eigenvalue weighted by atomic mass is 35.5. The van der Waals surface area contributed by atoms with Gasteiger partial charge in [0.2, 0.25) is 0 Å². The van der Waals surface area contributed by atoms with Gasteiger partial charge in [-0.1, -0.05) is 48.9 Å². The Kier molecular flexibility index (Phi) is 9.23. The Morgan fingerprint density at radius 2 is 1.87 bits per heavy atom. The van der Waals surface area contributed by atoms with Crippen LogP contribution < -0.4 is 10.6 Å². The molecular formula is C19H30Cl2N2. The smallest absolute Gasteiger partial charge is 0.0140 e. The maximum Gasteiger partial charge on any atom is 0.0140 e. The zero-order valence-electron chi connectivity index (χ0n) is 14.0. The molecule has 1 aromatic rings. The van der Waals surface area contributed by atoms with Crippen LogP contribution in [-0.4, -0.2) is 25.7 Å². The summed E-state index contributed by atoms with van der Waals surface area (Å²) in [6, 6.07) is 11.5. The molecule has 0 amide bonds. The van der Waals surface area contributed by atoms with Crippen LogP contribution in [0.1, 0.15) is 38.2 Å². The lowest BCUT2D eigenvalue weighted by molar-refractivity contribution is 0.354. The van der Waals surface area contributed by atoms with Crippen molar-refractivity contribution in [3.8, 4) is 0 Å². The molecule has 2 atom stereocenters. The van der Waals surface area contributed by atoms with Gasteiger partial charge in [-0.15, -0.1) is 24.8 Å². The third kappa shape index (κ3) is 6.11. The minimum absolute atomic E-state index is 0. The fraction of sp³-hybridized carbons (Fsp3) is 0.579. The molecule has 2 nitrogen and oxygen atoms in total. The van der Waals surface area contributed by atoms with Crippen molar-refractivity contribution in [3.63, 3.8) is 0 Å². The lowest BCUT2D eigenvalue weighted by atomic mass is 9.98. The van der Waals surface area contributed by atoms with E-state index in [-0.39, 0.29) is 24.8 Å². The van der Waals surface area contributed by atoms with Crippen molar-refractivity contribution in [2.75, 3.05) is 19.6 Å². The molecule has 1 saturated carbocycles. The van der Waals surface area contributed by atoms with Gasteiger partial charge in [0.15, 0.2) is 0 Å². The van der Waals surface area contributed by atoms with Crippen LogP contribution in [0.4, 0.5) is 0 Å². The number of rotatable bonds is 6. The second-order valence-corrected chi connectivity index (χ2v) is 6.53. The molecule has 0 bridgehead atoms. The molecule has 23 heavy (non-hydrogen) atoms. The summed E-state index contributed by atoms with van der Waals surface area (Å²) in [7, 11) is 0. The number of hydrogen-bond acceptors (Lipinski definition) is 2. The van der Waals surface area contributed by atoms with Gasteiger partial charge in [-0.05, 0) is 62.7 Å². The number of benzene rings is 1. The Labute approximate surface area is 153 Å². The summed E-state index contributed by atoms with van der Waals surface area (Å²) in [5.41, 5.74) is 2.96. The van der Waals surface area contributed by atoms with E-state index in [1.807, 2.05) is 0 Å². The van der Waals surface area contributed by atoms with E-state index in [1.54, 1.807) is 5.57 Å². The van der Waals surface area contributed by atoms with Crippen molar-refractivity contribution >= 4 is 30.9 Å². The number of nitrogens with one attached hydrogen (secondary N) is 2. The highest BCUT2D eigenvalue weighted by Gasteiger charge is 2.38. The number of piperidine rings is 1. The number of halogens is 2. The summed E-state index contributed by atoms with van der Waals surface area (Å²) >= 11 is 0. The molecule has 130 valence electrons. The molecule has 2 fully saturated rings. The zero-order valence-corrected chi connectivity index (χ0v) is 15.6. The molecule has 0 spiro atoms. The molecule has 1 aliphatic heterocycles. The predicted octanol–water partition coefficient (Wildman–Crippen LogP) is 4.30. The molecule has 3 rings (SSSR count). The van der Waals surface area contributed by atoms with Gasteiger partial charge in [0, 0.05) is 6.04 Å². The van der Waals surface area contributed by atoms with Crippen molar-refractivity contribution in [2.45, 2.75) is 38.6 Å². The van der Waals surface area contributed by atoms with Gasteiger partial charge < -0.3 is 10.6 Å². The topological polar surface area (TPSA) is 24.1 Å².